The van der Waals surface area contributed by atoms with E-state index in [1.807, 2.05) is 26.0 Å². The van der Waals surface area contributed by atoms with Crippen molar-refractivity contribution < 1.29 is 32.0 Å². The predicted molar refractivity (Wildman–Crippen MR) is 172 cm³/mol. The van der Waals surface area contributed by atoms with E-state index >= 15 is 0 Å². The third-order valence-electron chi connectivity index (χ3n) is 7.21. The highest BCUT2D eigenvalue weighted by molar-refractivity contribution is 7.90. The molecule has 0 radical (unpaired) electrons. The zero-order valence-corrected chi connectivity index (χ0v) is 27.1. The topological polar surface area (TPSA) is 159 Å². The molecule has 1 aliphatic heterocycles. The number of anilines is 3. The van der Waals surface area contributed by atoms with Crippen molar-refractivity contribution in [1.82, 2.24) is 10.2 Å². The summed E-state index contributed by atoms with van der Waals surface area (Å²) in [5.74, 6) is -1.13. The summed E-state index contributed by atoms with van der Waals surface area (Å²) < 4.78 is 36.7. The van der Waals surface area contributed by atoms with Crippen LogP contribution in [0.5, 0.6) is 0 Å². The van der Waals surface area contributed by atoms with Gasteiger partial charge >= 0.3 is 0 Å². The normalized spacial score (nSPS) is 15.4. The van der Waals surface area contributed by atoms with E-state index in [0.717, 1.165) is 11.1 Å². The van der Waals surface area contributed by atoms with Crippen molar-refractivity contribution in [2.45, 2.75) is 44.7 Å². The standard InChI is InChI=1S/C31H31N7O6S2/c1-19-5-13-24(14-6-19)38-30(41)26(17-28(40)33-23-11-9-22(10-12-23)32-21(3)39)37(31(38)45)18-27-29(44-35-36(27)4)34-46(42,43)25-15-7-20(2)8-16-25/h5-16,26H,17-18H2,1-4H3,(H,32,39)(H,33,40)/b34-29-. The van der Waals surface area contributed by atoms with Crippen LogP contribution in [-0.2, 0) is 38.0 Å². The molecule has 13 nitrogen and oxygen atoms in total. The molecule has 1 aliphatic rings. The molecular weight excluding hydrogens is 631 g/mol. The maximum atomic E-state index is 13.9. The molecule has 2 heterocycles. The molecule has 15 heteroatoms. The molecule has 238 valence electrons. The van der Waals surface area contributed by atoms with Gasteiger partial charge in [0.1, 0.15) is 19.6 Å². The number of rotatable bonds is 9. The van der Waals surface area contributed by atoms with E-state index in [4.69, 9.17) is 16.7 Å². The van der Waals surface area contributed by atoms with Gasteiger partial charge in [-0.2, -0.15) is 8.42 Å². The molecule has 2 N–H and O–H groups in total. The number of hydrogen-bond acceptors (Lipinski definition) is 7. The summed E-state index contributed by atoms with van der Waals surface area (Å²) in [5, 5.41) is 9.40. The highest BCUT2D eigenvalue weighted by Gasteiger charge is 2.45. The second kappa shape index (κ2) is 13.1. The molecule has 46 heavy (non-hydrogen) atoms. The average Bonchev–Trinajstić information content (AvgIpc) is 3.45. The minimum atomic E-state index is -4.17. The lowest BCUT2D eigenvalue weighted by Crippen LogP contribution is -2.45. The number of carbonyl (C=O) groups excluding carboxylic acids is 3. The van der Waals surface area contributed by atoms with Gasteiger partial charge in [0.05, 0.1) is 17.0 Å². The molecule has 3 amide bonds. The Labute approximate surface area is 270 Å². The highest BCUT2D eigenvalue weighted by atomic mass is 32.2. The second-order valence-electron chi connectivity index (χ2n) is 10.8. The molecule has 1 atom stereocenters. The quantitative estimate of drug-likeness (QED) is 0.203. The smallest absolute Gasteiger partial charge is 0.289 e. The molecule has 5 rings (SSSR count). The van der Waals surface area contributed by atoms with Crippen LogP contribution in [0.25, 0.3) is 0 Å². The van der Waals surface area contributed by atoms with E-state index in [1.54, 1.807) is 55.6 Å². The zero-order chi connectivity index (χ0) is 33.2. The summed E-state index contributed by atoms with van der Waals surface area (Å²) >= 11 is 5.78. The lowest BCUT2D eigenvalue weighted by molar-refractivity contribution is -0.752. The fraction of sp³-hybridized carbons (Fsp3) is 0.226. The van der Waals surface area contributed by atoms with Crippen molar-refractivity contribution in [2.24, 2.45) is 11.4 Å². The molecular formula is C31H31N7O6S2. The summed E-state index contributed by atoms with van der Waals surface area (Å²) in [7, 11) is -2.63. The van der Waals surface area contributed by atoms with E-state index in [0.29, 0.717) is 17.1 Å². The van der Waals surface area contributed by atoms with Gasteiger partial charge in [0.25, 0.3) is 27.2 Å². The highest BCUT2D eigenvalue weighted by Crippen LogP contribution is 2.29. The van der Waals surface area contributed by atoms with Crippen molar-refractivity contribution in [3.8, 4) is 0 Å². The maximum Gasteiger partial charge on any atom is 0.289 e. The number of carbonyl (C=O) groups is 3. The fourth-order valence-electron chi connectivity index (χ4n) is 4.79. The summed E-state index contributed by atoms with van der Waals surface area (Å²) in [6.45, 7) is 5.00. The first-order valence-corrected chi connectivity index (χ1v) is 16.0. The van der Waals surface area contributed by atoms with Gasteiger partial charge < -0.3 is 20.1 Å². The van der Waals surface area contributed by atoms with Crippen LogP contribution in [0.4, 0.5) is 17.1 Å². The molecule has 0 bridgehead atoms. The first-order valence-electron chi connectivity index (χ1n) is 14.1. The average molecular weight is 662 g/mol. The number of sulfonamides is 1. The molecule has 1 aromatic heterocycles. The largest absolute Gasteiger partial charge is 0.486 e. The lowest BCUT2D eigenvalue weighted by atomic mass is 10.1. The van der Waals surface area contributed by atoms with Crippen molar-refractivity contribution in [1.29, 1.82) is 0 Å². The van der Waals surface area contributed by atoms with Gasteiger partial charge in [-0.25, -0.2) is 4.68 Å². The SMILES string of the molecule is CC(=O)Nc1ccc(NC(=O)CC2C(=O)N(c3ccc(C)cc3)C(=S)N2Cc2/c(=N/S(=O)(=O)c3ccc(C)cc3)o[n-][n+]2C)cc1. The predicted octanol–water partition coefficient (Wildman–Crippen LogP) is 2.46. The zero-order valence-electron chi connectivity index (χ0n) is 25.4. The Hall–Kier alpha value is -5.15. The third kappa shape index (κ3) is 7.05. The molecule has 0 saturated carbocycles. The molecule has 3 aromatic carbocycles. The fourth-order valence-corrected chi connectivity index (χ4v) is 6.12. The van der Waals surface area contributed by atoms with Crippen LogP contribution < -0.4 is 31.0 Å². The van der Waals surface area contributed by atoms with Crippen molar-refractivity contribution in [3.05, 3.63) is 95.2 Å². The Morgan fingerprint density at radius 1 is 0.957 bits per heavy atom. The number of nitrogens with zero attached hydrogens (tertiary/aromatic N) is 5. The third-order valence-corrected chi connectivity index (χ3v) is 8.90. The van der Waals surface area contributed by atoms with E-state index in [-0.39, 0.29) is 40.1 Å². The van der Waals surface area contributed by atoms with Gasteiger partial charge in [0, 0.05) is 18.3 Å². The van der Waals surface area contributed by atoms with Gasteiger partial charge in [0.2, 0.25) is 11.8 Å². The maximum absolute atomic E-state index is 13.9. The van der Waals surface area contributed by atoms with Crippen LogP contribution in [0.15, 0.2) is 86.6 Å². The monoisotopic (exact) mass is 661 g/mol. The Balaban J connectivity index is 1.46. The van der Waals surface area contributed by atoms with Gasteiger partial charge in [0.15, 0.2) is 5.11 Å². The number of aromatic nitrogens is 2. The van der Waals surface area contributed by atoms with Gasteiger partial charge in [-0.15, -0.1) is 4.40 Å². The number of hydrogen-bond donors (Lipinski definition) is 2. The van der Waals surface area contributed by atoms with Crippen LogP contribution >= 0.6 is 12.2 Å². The minimum Gasteiger partial charge on any atom is -0.486 e. The number of amides is 3. The first kappa shape index (κ1) is 32.2. The minimum absolute atomic E-state index is 0.0276. The molecule has 1 fully saturated rings. The number of thiocarbonyl (C=S) groups is 1. The Morgan fingerprint density at radius 3 is 2.11 bits per heavy atom. The van der Waals surface area contributed by atoms with E-state index in [2.05, 4.69) is 20.3 Å². The van der Waals surface area contributed by atoms with Gasteiger partial charge in [-0.1, -0.05) is 35.4 Å². The second-order valence-corrected chi connectivity index (χ2v) is 12.7. The summed E-state index contributed by atoms with van der Waals surface area (Å²) in [6.07, 6.45) is -0.280. The first-order chi connectivity index (χ1) is 21.8. The van der Waals surface area contributed by atoms with Crippen molar-refractivity contribution in [3.63, 3.8) is 0 Å². The number of aryl methyl sites for hydroxylation is 3. The summed E-state index contributed by atoms with van der Waals surface area (Å²) in [6, 6.07) is 18.9. The Morgan fingerprint density at radius 2 is 1.52 bits per heavy atom. The summed E-state index contributed by atoms with van der Waals surface area (Å²) in [4.78, 5) is 41.3. The van der Waals surface area contributed by atoms with Crippen LogP contribution in [0.3, 0.4) is 0 Å². The van der Waals surface area contributed by atoms with E-state index < -0.39 is 27.9 Å². The van der Waals surface area contributed by atoms with E-state index in [9.17, 15) is 22.8 Å². The summed E-state index contributed by atoms with van der Waals surface area (Å²) in [5.41, 5.74) is 3.34. The van der Waals surface area contributed by atoms with Crippen molar-refractivity contribution >= 4 is 62.1 Å². The number of nitrogens with one attached hydrogen (secondary N) is 2. The Bertz CT molecular complexity index is 1980. The molecule has 1 unspecified atom stereocenters. The van der Waals surface area contributed by atoms with Crippen LogP contribution in [0.1, 0.15) is 30.2 Å². The van der Waals surface area contributed by atoms with Gasteiger partial charge in [-0.05, 0) is 74.6 Å². The van der Waals surface area contributed by atoms with E-state index in [1.165, 1.54) is 33.5 Å². The molecule has 4 aromatic rings. The molecule has 0 spiro atoms. The van der Waals surface area contributed by atoms with Crippen LogP contribution in [0.2, 0.25) is 0 Å². The molecule has 0 aliphatic carbocycles. The van der Waals surface area contributed by atoms with Crippen LogP contribution in [0, 0.1) is 13.8 Å². The lowest BCUT2D eigenvalue weighted by Gasteiger charge is -2.22. The van der Waals surface area contributed by atoms with Crippen LogP contribution in [-0.4, -0.2) is 42.2 Å². The Kier molecular flexibility index (Phi) is 9.16. The number of benzene rings is 3. The van der Waals surface area contributed by atoms with Gasteiger partial charge in [-0.3, -0.25) is 24.6 Å². The molecule has 1 saturated heterocycles. The van der Waals surface area contributed by atoms with Crippen molar-refractivity contribution in [2.75, 3.05) is 15.5 Å².